The molecule has 128 valence electrons. The smallest absolute Gasteiger partial charge is 0.193 e. The highest BCUT2D eigenvalue weighted by Crippen LogP contribution is 2.26. The Labute approximate surface area is 151 Å². The molecule has 0 unspecified atom stereocenters. The van der Waals surface area contributed by atoms with Crippen molar-refractivity contribution in [2.75, 3.05) is 7.11 Å². The maximum atomic E-state index is 13.0. The molecule has 3 aromatic rings. The van der Waals surface area contributed by atoms with Crippen molar-refractivity contribution in [1.29, 1.82) is 5.26 Å². The van der Waals surface area contributed by atoms with Gasteiger partial charge >= 0.3 is 0 Å². The molecule has 4 heteroatoms. The van der Waals surface area contributed by atoms with E-state index in [1.807, 2.05) is 24.3 Å². The van der Waals surface area contributed by atoms with Crippen LogP contribution in [0.1, 0.15) is 33.0 Å². The Bertz CT molecular complexity index is 939. The van der Waals surface area contributed by atoms with Gasteiger partial charge in [-0.15, -0.1) is 0 Å². The molecule has 0 aliphatic rings. The molecule has 0 saturated carbocycles. The number of benzene rings is 3. The van der Waals surface area contributed by atoms with Crippen LogP contribution >= 0.6 is 0 Å². The molecule has 0 radical (unpaired) electrons. The first-order valence-electron chi connectivity index (χ1n) is 8.06. The maximum Gasteiger partial charge on any atom is 0.193 e. The molecule has 0 aromatic heterocycles. The van der Waals surface area contributed by atoms with Crippen LogP contribution in [0.25, 0.3) is 0 Å². The Morgan fingerprint density at radius 3 is 1.81 bits per heavy atom. The van der Waals surface area contributed by atoms with Gasteiger partial charge in [0.2, 0.25) is 0 Å². The highest BCUT2D eigenvalue weighted by Gasteiger charge is 2.15. The Morgan fingerprint density at radius 1 is 0.885 bits per heavy atom. The number of carbonyl (C=O) groups excluding carboxylic acids is 1. The summed E-state index contributed by atoms with van der Waals surface area (Å²) in [7, 11) is 1.59. The largest absolute Gasteiger partial charge is 0.497 e. The fourth-order valence-electron chi connectivity index (χ4n) is 2.73. The van der Waals surface area contributed by atoms with Crippen molar-refractivity contribution >= 4 is 5.78 Å². The third-order valence-electron chi connectivity index (χ3n) is 4.19. The van der Waals surface area contributed by atoms with Crippen LogP contribution in [0.2, 0.25) is 0 Å². The number of rotatable bonds is 5. The first-order valence-corrected chi connectivity index (χ1v) is 8.06. The van der Waals surface area contributed by atoms with Gasteiger partial charge in [-0.3, -0.25) is 4.79 Å². The lowest BCUT2D eigenvalue weighted by Gasteiger charge is -2.11. The lowest BCUT2D eigenvalue weighted by Crippen LogP contribution is -2.03. The molecule has 3 nitrogen and oxygen atoms in total. The molecule has 0 spiro atoms. The van der Waals surface area contributed by atoms with E-state index in [1.54, 1.807) is 31.4 Å². The zero-order valence-electron chi connectivity index (χ0n) is 14.1. The summed E-state index contributed by atoms with van der Waals surface area (Å²) < 4.78 is 18.1. The van der Waals surface area contributed by atoms with E-state index in [-0.39, 0.29) is 11.6 Å². The normalized spacial score (nSPS) is 11.4. The number of hydrogen-bond donors (Lipinski definition) is 0. The molecular weight excluding hydrogens is 329 g/mol. The first-order chi connectivity index (χ1) is 12.6. The van der Waals surface area contributed by atoms with E-state index in [9.17, 15) is 14.4 Å². The summed E-state index contributed by atoms with van der Waals surface area (Å²) in [6.07, 6.45) is 0. The summed E-state index contributed by atoms with van der Waals surface area (Å²) in [5, 5.41) is 9.56. The Hall–Kier alpha value is -3.45. The van der Waals surface area contributed by atoms with E-state index >= 15 is 0 Å². The predicted molar refractivity (Wildman–Crippen MR) is 96.7 cm³/mol. The van der Waals surface area contributed by atoms with Crippen LogP contribution in [0, 0.1) is 17.1 Å². The highest BCUT2D eigenvalue weighted by atomic mass is 19.1. The van der Waals surface area contributed by atoms with E-state index < -0.39 is 5.92 Å². The molecule has 0 bridgehead atoms. The van der Waals surface area contributed by atoms with E-state index in [2.05, 4.69) is 6.07 Å². The second-order valence-electron chi connectivity index (χ2n) is 5.79. The fourth-order valence-corrected chi connectivity index (χ4v) is 2.73. The number of nitriles is 1. The number of carbonyl (C=O) groups is 1. The predicted octanol–water partition coefficient (Wildman–Crippen LogP) is 4.72. The summed E-state index contributed by atoms with van der Waals surface area (Å²) in [5.41, 5.74) is 2.57. The quantitative estimate of drug-likeness (QED) is 0.629. The van der Waals surface area contributed by atoms with Crippen LogP contribution in [-0.2, 0) is 0 Å². The SMILES string of the molecule is COc1ccc([C@H](C#N)c2ccc(C(=O)c3ccc(F)cc3)cc2)cc1. The van der Waals surface area contributed by atoms with E-state index in [0.717, 1.165) is 16.9 Å². The van der Waals surface area contributed by atoms with Crippen LogP contribution in [-0.4, -0.2) is 12.9 Å². The van der Waals surface area contributed by atoms with Gasteiger partial charge < -0.3 is 4.74 Å². The zero-order chi connectivity index (χ0) is 18.5. The molecular formula is C22H16FNO2. The summed E-state index contributed by atoms with van der Waals surface area (Å²) in [6.45, 7) is 0. The minimum absolute atomic E-state index is 0.186. The van der Waals surface area contributed by atoms with Crippen molar-refractivity contribution < 1.29 is 13.9 Å². The van der Waals surface area contributed by atoms with Gasteiger partial charge in [-0.05, 0) is 47.5 Å². The minimum atomic E-state index is -0.434. The van der Waals surface area contributed by atoms with Crippen molar-refractivity contribution in [3.8, 4) is 11.8 Å². The minimum Gasteiger partial charge on any atom is -0.497 e. The number of halogens is 1. The van der Waals surface area contributed by atoms with Gasteiger partial charge in [-0.25, -0.2) is 4.39 Å². The van der Waals surface area contributed by atoms with Crippen LogP contribution < -0.4 is 4.74 Å². The summed E-state index contributed by atoms with van der Waals surface area (Å²) in [4.78, 5) is 12.4. The molecule has 0 N–H and O–H groups in total. The van der Waals surface area contributed by atoms with Crippen molar-refractivity contribution in [3.63, 3.8) is 0 Å². The van der Waals surface area contributed by atoms with Crippen LogP contribution in [0.5, 0.6) is 5.75 Å². The van der Waals surface area contributed by atoms with Crippen LogP contribution in [0.4, 0.5) is 4.39 Å². The van der Waals surface area contributed by atoms with E-state index in [1.165, 1.54) is 24.3 Å². The van der Waals surface area contributed by atoms with Gasteiger partial charge in [0.1, 0.15) is 11.6 Å². The standard InChI is InChI=1S/C22H16FNO2/c1-26-20-12-8-16(9-13-20)21(14-24)15-2-4-17(5-3-15)22(25)18-6-10-19(23)11-7-18/h2-13,21H,1H3/t21-/m1/s1. The number of ether oxygens (including phenoxy) is 1. The lowest BCUT2D eigenvalue weighted by atomic mass is 9.91. The van der Waals surface area contributed by atoms with Crippen molar-refractivity contribution in [2.24, 2.45) is 0 Å². The molecule has 0 aliphatic heterocycles. The van der Waals surface area contributed by atoms with Crippen molar-refractivity contribution in [3.05, 3.63) is 101 Å². The molecule has 0 saturated heterocycles. The molecule has 0 fully saturated rings. The molecule has 0 heterocycles. The number of ketones is 1. The van der Waals surface area contributed by atoms with E-state index in [4.69, 9.17) is 4.74 Å². The van der Waals surface area contributed by atoms with Crippen molar-refractivity contribution in [1.82, 2.24) is 0 Å². The van der Waals surface area contributed by atoms with Gasteiger partial charge in [-0.1, -0.05) is 36.4 Å². The summed E-state index contributed by atoms with van der Waals surface area (Å²) in [5.74, 6) is -0.274. The zero-order valence-corrected chi connectivity index (χ0v) is 14.1. The van der Waals surface area contributed by atoms with Crippen LogP contribution in [0.15, 0.2) is 72.8 Å². The molecule has 26 heavy (non-hydrogen) atoms. The van der Waals surface area contributed by atoms with Gasteiger partial charge in [0.05, 0.1) is 19.1 Å². The van der Waals surface area contributed by atoms with E-state index in [0.29, 0.717) is 11.1 Å². The van der Waals surface area contributed by atoms with Gasteiger partial charge in [-0.2, -0.15) is 5.26 Å². The summed E-state index contributed by atoms with van der Waals surface area (Å²) >= 11 is 0. The highest BCUT2D eigenvalue weighted by molar-refractivity contribution is 6.08. The molecule has 0 amide bonds. The number of methoxy groups -OCH3 is 1. The lowest BCUT2D eigenvalue weighted by molar-refractivity contribution is 0.103. The second kappa shape index (κ2) is 7.62. The Balaban J connectivity index is 1.84. The van der Waals surface area contributed by atoms with Gasteiger partial charge in [0, 0.05) is 11.1 Å². The Kier molecular flexibility index (Phi) is 5.09. The third kappa shape index (κ3) is 3.62. The molecule has 3 rings (SSSR count). The average molecular weight is 345 g/mol. The monoisotopic (exact) mass is 345 g/mol. The molecule has 3 aromatic carbocycles. The van der Waals surface area contributed by atoms with Crippen molar-refractivity contribution in [2.45, 2.75) is 5.92 Å². The fraction of sp³-hybridized carbons (Fsp3) is 0.0909. The van der Waals surface area contributed by atoms with Gasteiger partial charge in [0.15, 0.2) is 5.78 Å². The van der Waals surface area contributed by atoms with Gasteiger partial charge in [0.25, 0.3) is 0 Å². The number of hydrogen-bond acceptors (Lipinski definition) is 3. The first kappa shape index (κ1) is 17.4. The maximum absolute atomic E-state index is 13.0. The summed E-state index contributed by atoms with van der Waals surface area (Å²) in [6, 6.07) is 22.0. The van der Waals surface area contributed by atoms with Crippen LogP contribution in [0.3, 0.4) is 0 Å². The molecule has 0 aliphatic carbocycles. The Morgan fingerprint density at radius 2 is 1.35 bits per heavy atom. The number of nitrogens with zero attached hydrogens (tertiary/aromatic N) is 1. The topological polar surface area (TPSA) is 50.1 Å². The average Bonchev–Trinajstić information content (AvgIpc) is 2.70. The third-order valence-corrected chi connectivity index (χ3v) is 4.19. The molecule has 1 atom stereocenters. The second-order valence-corrected chi connectivity index (χ2v) is 5.79.